The summed E-state index contributed by atoms with van der Waals surface area (Å²) in [7, 11) is 0. The summed E-state index contributed by atoms with van der Waals surface area (Å²) in [6.07, 6.45) is 5.50. The van der Waals surface area contributed by atoms with Crippen LogP contribution in [0.25, 0.3) is 0 Å². The first-order valence-electron chi connectivity index (χ1n) is 4.75. The second-order valence-electron chi connectivity index (χ2n) is 3.31. The molecule has 0 amide bonds. The molecule has 0 saturated carbocycles. The van der Waals surface area contributed by atoms with Gasteiger partial charge in [-0.3, -0.25) is 0 Å². The Morgan fingerprint density at radius 3 is 3.00 bits per heavy atom. The molecule has 2 heteroatoms. The third-order valence-electron chi connectivity index (χ3n) is 2.32. The molecule has 1 aliphatic heterocycles. The van der Waals surface area contributed by atoms with Crippen LogP contribution in [0.3, 0.4) is 0 Å². The predicted molar refractivity (Wildman–Crippen MR) is 49.0 cm³/mol. The predicted octanol–water partition coefficient (Wildman–Crippen LogP) is 1.74. The van der Waals surface area contributed by atoms with E-state index < -0.39 is 0 Å². The maximum atomic E-state index is 8.95. The molecule has 1 atom stereocenters. The van der Waals surface area contributed by atoms with Crippen LogP contribution in [-0.2, 0) is 4.74 Å². The minimum Gasteiger partial charge on any atom is -0.392 e. The van der Waals surface area contributed by atoms with Gasteiger partial charge in [0, 0.05) is 12.5 Å². The highest BCUT2D eigenvalue weighted by molar-refractivity contribution is 5.04. The van der Waals surface area contributed by atoms with Crippen LogP contribution in [0.5, 0.6) is 0 Å². The zero-order valence-corrected chi connectivity index (χ0v) is 7.75. The normalized spacial score (nSPS) is 25.8. The molecule has 0 aromatic rings. The SMILES string of the molecule is CC/C(=C\C1CCCOC1)CO. The molecule has 0 aliphatic carbocycles. The van der Waals surface area contributed by atoms with Crippen molar-refractivity contribution in [1.29, 1.82) is 0 Å². The van der Waals surface area contributed by atoms with Crippen molar-refractivity contribution in [3.8, 4) is 0 Å². The van der Waals surface area contributed by atoms with Gasteiger partial charge in [0.15, 0.2) is 0 Å². The molecule has 0 aromatic heterocycles. The number of aliphatic hydroxyl groups is 1. The average molecular weight is 170 g/mol. The fourth-order valence-corrected chi connectivity index (χ4v) is 1.51. The fraction of sp³-hybridized carbons (Fsp3) is 0.800. The van der Waals surface area contributed by atoms with Crippen molar-refractivity contribution in [2.75, 3.05) is 19.8 Å². The Hall–Kier alpha value is -0.340. The summed E-state index contributed by atoms with van der Waals surface area (Å²) in [5.41, 5.74) is 1.14. The lowest BCUT2D eigenvalue weighted by Crippen LogP contribution is -2.15. The van der Waals surface area contributed by atoms with E-state index in [0.717, 1.165) is 31.6 Å². The zero-order valence-electron chi connectivity index (χ0n) is 7.75. The third kappa shape index (κ3) is 2.95. The quantitative estimate of drug-likeness (QED) is 0.654. The van der Waals surface area contributed by atoms with Gasteiger partial charge in [0.1, 0.15) is 0 Å². The standard InChI is InChI=1S/C10H18O2/c1-2-9(7-11)6-10-4-3-5-12-8-10/h6,10-11H,2-5,7-8H2,1H3/b9-6+. The molecule has 1 N–H and O–H groups in total. The van der Waals surface area contributed by atoms with Gasteiger partial charge in [0.05, 0.1) is 13.2 Å². The first kappa shape index (κ1) is 9.75. The molecule has 0 radical (unpaired) electrons. The number of aliphatic hydroxyl groups excluding tert-OH is 1. The first-order chi connectivity index (χ1) is 5.86. The Labute approximate surface area is 74.2 Å². The monoisotopic (exact) mass is 170 g/mol. The molecule has 0 aromatic carbocycles. The van der Waals surface area contributed by atoms with E-state index in [1.165, 1.54) is 6.42 Å². The van der Waals surface area contributed by atoms with Gasteiger partial charge in [-0.05, 0) is 24.8 Å². The molecular weight excluding hydrogens is 152 g/mol. The summed E-state index contributed by atoms with van der Waals surface area (Å²) in [6.45, 7) is 4.02. The van der Waals surface area contributed by atoms with E-state index in [1.54, 1.807) is 0 Å². The molecule has 1 aliphatic rings. The highest BCUT2D eigenvalue weighted by Gasteiger charge is 2.11. The van der Waals surface area contributed by atoms with Crippen molar-refractivity contribution < 1.29 is 9.84 Å². The van der Waals surface area contributed by atoms with Gasteiger partial charge in [-0.25, -0.2) is 0 Å². The lowest BCUT2D eigenvalue weighted by atomic mass is 9.98. The minimum atomic E-state index is 0.201. The molecule has 0 bridgehead atoms. The van der Waals surface area contributed by atoms with Crippen LogP contribution < -0.4 is 0 Å². The van der Waals surface area contributed by atoms with E-state index in [2.05, 4.69) is 13.0 Å². The van der Waals surface area contributed by atoms with Gasteiger partial charge in [0.2, 0.25) is 0 Å². The fourth-order valence-electron chi connectivity index (χ4n) is 1.51. The van der Waals surface area contributed by atoms with E-state index in [9.17, 15) is 0 Å². The van der Waals surface area contributed by atoms with Crippen molar-refractivity contribution in [3.63, 3.8) is 0 Å². The molecule has 70 valence electrons. The average Bonchev–Trinajstić information content (AvgIpc) is 2.16. The van der Waals surface area contributed by atoms with Crippen LogP contribution in [0.4, 0.5) is 0 Å². The molecule has 1 rings (SSSR count). The summed E-state index contributed by atoms with van der Waals surface area (Å²) in [4.78, 5) is 0. The molecular formula is C10H18O2. The van der Waals surface area contributed by atoms with Crippen LogP contribution >= 0.6 is 0 Å². The maximum absolute atomic E-state index is 8.95. The first-order valence-corrected chi connectivity index (χ1v) is 4.75. The highest BCUT2D eigenvalue weighted by atomic mass is 16.5. The number of rotatable bonds is 3. The van der Waals surface area contributed by atoms with Crippen molar-refractivity contribution in [2.24, 2.45) is 5.92 Å². The van der Waals surface area contributed by atoms with E-state index in [1.807, 2.05) is 0 Å². The largest absolute Gasteiger partial charge is 0.392 e. The van der Waals surface area contributed by atoms with Crippen molar-refractivity contribution in [2.45, 2.75) is 26.2 Å². The lowest BCUT2D eigenvalue weighted by molar-refractivity contribution is 0.0705. The smallest absolute Gasteiger partial charge is 0.0641 e. The topological polar surface area (TPSA) is 29.5 Å². The van der Waals surface area contributed by atoms with Crippen molar-refractivity contribution >= 4 is 0 Å². The Morgan fingerprint density at radius 2 is 2.50 bits per heavy atom. The lowest BCUT2D eigenvalue weighted by Gasteiger charge is -2.19. The highest BCUT2D eigenvalue weighted by Crippen LogP contribution is 2.17. The Morgan fingerprint density at radius 1 is 1.67 bits per heavy atom. The molecule has 1 heterocycles. The Balaban J connectivity index is 2.39. The van der Waals surface area contributed by atoms with E-state index in [4.69, 9.17) is 9.84 Å². The van der Waals surface area contributed by atoms with Crippen LogP contribution in [0.15, 0.2) is 11.6 Å². The van der Waals surface area contributed by atoms with E-state index in [-0.39, 0.29) is 6.61 Å². The van der Waals surface area contributed by atoms with Crippen molar-refractivity contribution in [1.82, 2.24) is 0 Å². The number of hydrogen-bond acceptors (Lipinski definition) is 2. The molecule has 2 nitrogen and oxygen atoms in total. The second-order valence-corrected chi connectivity index (χ2v) is 3.31. The van der Waals surface area contributed by atoms with Gasteiger partial charge in [-0.15, -0.1) is 0 Å². The van der Waals surface area contributed by atoms with Gasteiger partial charge < -0.3 is 9.84 Å². The Bertz CT molecular complexity index is 140. The van der Waals surface area contributed by atoms with Crippen LogP contribution in [-0.4, -0.2) is 24.9 Å². The summed E-state index contributed by atoms with van der Waals surface area (Å²) in [5.74, 6) is 0.542. The van der Waals surface area contributed by atoms with Gasteiger partial charge in [0.25, 0.3) is 0 Å². The summed E-state index contributed by atoms with van der Waals surface area (Å²) >= 11 is 0. The number of hydrogen-bond donors (Lipinski definition) is 1. The van der Waals surface area contributed by atoms with Crippen LogP contribution in [0.1, 0.15) is 26.2 Å². The van der Waals surface area contributed by atoms with Gasteiger partial charge in [-0.1, -0.05) is 13.0 Å². The molecule has 1 unspecified atom stereocenters. The third-order valence-corrected chi connectivity index (χ3v) is 2.32. The molecule has 1 fully saturated rings. The van der Waals surface area contributed by atoms with Gasteiger partial charge in [-0.2, -0.15) is 0 Å². The summed E-state index contributed by atoms with van der Waals surface area (Å²) in [5, 5.41) is 8.95. The molecule has 12 heavy (non-hydrogen) atoms. The zero-order chi connectivity index (χ0) is 8.81. The minimum absolute atomic E-state index is 0.201. The van der Waals surface area contributed by atoms with Crippen LogP contribution in [0, 0.1) is 5.92 Å². The maximum Gasteiger partial charge on any atom is 0.0641 e. The summed E-state index contributed by atoms with van der Waals surface area (Å²) in [6, 6.07) is 0. The molecule has 0 spiro atoms. The van der Waals surface area contributed by atoms with Crippen molar-refractivity contribution in [3.05, 3.63) is 11.6 Å². The van der Waals surface area contributed by atoms with E-state index >= 15 is 0 Å². The second kappa shape index (κ2) is 5.33. The Kier molecular flexibility index (Phi) is 4.33. The van der Waals surface area contributed by atoms with Crippen LogP contribution in [0.2, 0.25) is 0 Å². The molecule has 1 saturated heterocycles. The van der Waals surface area contributed by atoms with E-state index in [0.29, 0.717) is 5.92 Å². The number of ether oxygens (including phenoxy) is 1. The summed E-state index contributed by atoms with van der Waals surface area (Å²) < 4.78 is 5.35. The van der Waals surface area contributed by atoms with Gasteiger partial charge >= 0.3 is 0 Å².